The van der Waals surface area contributed by atoms with Crippen LogP contribution in [0.5, 0.6) is 11.5 Å². The zero-order valence-corrected chi connectivity index (χ0v) is 8.82. The van der Waals surface area contributed by atoms with E-state index < -0.39 is 0 Å². The van der Waals surface area contributed by atoms with Crippen LogP contribution in [0.3, 0.4) is 0 Å². The third-order valence-corrected chi connectivity index (χ3v) is 1.88. The minimum Gasteiger partial charge on any atom is -0.493 e. The van der Waals surface area contributed by atoms with Gasteiger partial charge in [-0.05, 0) is 13.0 Å². The van der Waals surface area contributed by atoms with Gasteiger partial charge in [0.05, 0.1) is 20.3 Å². The van der Waals surface area contributed by atoms with E-state index in [0.29, 0.717) is 18.1 Å². The van der Waals surface area contributed by atoms with E-state index in [1.807, 2.05) is 19.1 Å². The van der Waals surface area contributed by atoms with Crippen LogP contribution >= 0.6 is 0 Å². The first-order valence-electron chi connectivity index (χ1n) is 4.65. The monoisotopic (exact) mass is 207 g/mol. The first kappa shape index (κ1) is 11.3. The second-order valence-corrected chi connectivity index (χ2v) is 2.79. The molecule has 0 heterocycles. The van der Waals surface area contributed by atoms with Crippen molar-refractivity contribution in [2.75, 3.05) is 13.7 Å². The molecule has 0 radical (unpaired) electrons. The third-order valence-electron chi connectivity index (χ3n) is 1.88. The minimum atomic E-state index is 0.260. The van der Waals surface area contributed by atoms with Gasteiger partial charge in [0.2, 0.25) is 6.08 Å². The molecule has 0 spiro atoms. The molecule has 80 valence electrons. The molecule has 0 N–H and O–H groups in total. The SMILES string of the molecule is CCOc1c(CN=C=O)cccc1OC. The number of para-hydroxylation sites is 1. The first-order valence-corrected chi connectivity index (χ1v) is 4.65. The molecule has 4 nitrogen and oxygen atoms in total. The Morgan fingerprint density at radius 2 is 2.27 bits per heavy atom. The molecule has 0 aromatic heterocycles. The van der Waals surface area contributed by atoms with Crippen LogP contribution in [-0.2, 0) is 11.3 Å². The number of carbonyl (C=O) groups excluding carboxylic acids is 1. The van der Waals surface area contributed by atoms with Crippen LogP contribution in [0, 0.1) is 0 Å². The molecular formula is C11H13NO3. The molecule has 0 aliphatic carbocycles. The van der Waals surface area contributed by atoms with E-state index in [-0.39, 0.29) is 6.54 Å². The summed E-state index contributed by atoms with van der Waals surface area (Å²) in [6.45, 7) is 2.69. The quantitative estimate of drug-likeness (QED) is 0.547. The van der Waals surface area contributed by atoms with E-state index in [9.17, 15) is 4.79 Å². The zero-order valence-electron chi connectivity index (χ0n) is 8.82. The molecule has 0 unspecified atom stereocenters. The molecule has 0 saturated carbocycles. The summed E-state index contributed by atoms with van der Waals surface area (Å²) in [4.78, 5) is 13.6. The molecule has 1 aromatic carbocycles. The Morgan fingerprint density at radius 1 is 1.47 bits per heavy atom. The van der Waals surface area contributed by atoms with Gasteiger partial charge < -0.3 is 9.47 Å². The van der Waals surface area contributed by atoms with Gasteiger partial charge >= 0.3 is 0 Å². The van der Waals surface area contributed by atoms with E-state index in [0.717, 1.165) is 5.56 Å². The summed E-state index contributed by atoms with van der Waals surface area (Å²) >= 11 is 0. The average Bonchev–Trinajstić information content (AvgIpc) is 2.28. The molecule has 1 aromatic rings. The summed E-state index contributed by atoms with van der Waals surface area (Å²) in [6, 6.07) is 5.48. The molecule has 0 atom stereocenters. The van der Waals surface area contributed by atoms with E-state index in [1.54, 1.807) is 13.2 Å². The summed E-state index contributed by atoms with van der Waals surface area (Å²) < 4.78 is 10.6. The van der Waals surface area contributed by atoms with Gasteiger partial charge in [-0.3, -0.25) is 0 Å². The number of methoxy groups -OCH3 is 1. The van der Waals surface area contributed by atoms with Crippen molar-refractivity contribution >= 4 is 6.08 Å². The predicted molar refractivity (Wildman–Crippen MR) is 56.0 cm³/mol. The Kier molecular flexibility index (Phi) is 4.38. The molecule has 0 aliphatic heterocycles. The van der Waals surface area contributed by atoms with Crippen molar-refractivity contribution in [3.05, 3.63) is 23.8 Å². The van der Waals surface area contributed by atoms with Crippen molar-refractivity contribution in [1.82, 2.24) is 0 Å². The number of isocyanates is 1. The highest BCUT2D eigenvalue weighted by atomic mass is 16.5. The van der Waals surface area contributed by atoms with E-state index in [1.165, 1.54) is 6.08 Å². The minimum absolute atomic E-state index is 0.260. The number of hydrogen-bond acceptors (Lipinski definition) is 4. The van der Waals surface area contributed by atoms with Crippen molar-refractivity contribution in [3.8, 4) is 11.5 Å². The molecule has 1 rings (SSSR count). The maximum Gasteiger partial charge on any atom is 0.235 e. The fourth-order valence-electron chi connectivity index (χ4n) is 1.27. The number of aliphatic imine (C=N–C) groups is 1. The first-order chi connectivity index (χ1) is 7.33. The number of ether oxygens (including phenoxy) is 2. The second-order valence-electron chi connectivity index (χ2n) is 2.79. The van der Waals surface area contributed by atoms with E-state index in [4.69, 9.17) is 9.47 Å². The standard InChI is InChI=1S/C11H13NO3/c1-3-15-11-9(7-12-8-13)5-4-6-10(11)14-2/h4-6H,3,7H2,1-2H3. The Balaban J connectivity index is 3.06. The second kappa shape index (κ2) is 5.83. The maximum atomic E-state index is 10.0. The third kappa shape index (κ3) is 2.82. The van der Waals surface area contributed by atoms with Crippen molar-refractivity contribution in [2.24, 2.45) is 4.99 Å². The fourth-order valence-corrected chi connectivity index (χ4v) is 1.27. The van der Waals surface area contributed by atoms with Gasteiger partial charge in [0.25, 0.3) is 0 Å². The van der Waals surface area contributed by atoms with Gasteiger partial charge in [0.1, 0.15) is 0 Å². The molecule has 0 aliphatic rings. The number of nitrogens with zero attached hydrogens (tertiary/aromatic N) is 1. The molecule has 0 amide bonds. The smallest absolute Gasteiger partial charge is 0.235 e. The zero-order chi connectivity index (χ0) is 11.1. The normalized spacial score (nSPS) is 9.20. The van der Waals surface area contributed by atoms with Crippen molar-refractivity contribution < 1.29 is 14.3 Å². The lowest BCUT2D eigenvalue weighted by Crippen LogP contribution is -1.99. The van der Waals surface area contributed by atoms with Crippen LogP contribution in [0.25, 0.3) is 0 Å². The summed E-state index contributed by atoms with van der Waals surface area (Å²) in [5.74, 6) is 1.29. The highest BCUT2D eigenvalue weighted by molar-refractivity contribution is 5.47. The maximum absolute atomic E-state index is 10.0. The van der Waals surface area contributed by atoms with Crippen LogP contribution < -0.4 is 9.47 Å². The van der Waals surface area contributed by atoms with Gasteiger partial charge in [-0.25, -0.2) is 9.79 Å². The Labute approximate surface area is 88.5 Å². The lowest BCUT2D eigenvalue weighted by molar-refractivity contribution is 0.307. The highest BCUT2D eigenvalue weighted by Crippen LogP contribution is 2.31. The Hall–Kier alpha value is -1.80. The van der Waals surface area contributed by atoms with E-state index in [2.05, 4.69) is 4.99 Å². The van der Waals surface area contributed by atoms with Crippen LogP contribution in [0.4, 0.5) is 0 Å². The lowest BCUT2D eigenvalue weighted by Gasteiger charge is -2.12. The average molecular weight is 207 g/mol. The van der Waals surface area contributed by atoms with Crippen molar-refractivity contribution in [3.63, 3.8) is 0 Å². The van der Waals surface area contributed by atoms with E-state index >= 15 is 0 Å². The topological polar surface area (TPSA) is 47.9 Å². The molecule has 15 heavy (non-hydrogen) atoms. The summed E-state index contributed by atoms with van der Waals surface area (Å²) in [5.41, 5.74) is 0.819. The largest absolute Gasteiger partial charge is 0.493 e. The van der Waals surface area contributed by atoms with Crippen LogP contribution in [-0.4, -0.2) is 19.8 Å². The molecule has 0 bridgehead atoms. The van der Waals surface area contributed by atoms with Crippen molar-refractivity contribution in [2.45, 2.75) is 13.5 Å². The van der Waals surface area contributed by atoms with Gasteiger partial charge in [-0.1, -0.05) is 12.1 Å². The van der Waals surface area contributed by atoms with Crippen LogP contribution in [0.1, 0.15) is 12.5 Å². The van der Waals surface area contributed by atoms with Gasteiger partial charge in [-0.15, -0.1) is 0 Å². The molecule has 0 saturated heterocycles. The Morgan fingerprint density at radius 3 is 2.87 bits per heavy atom. The Bertz CT molecular complexity index is 370. The van der Waals surface area contributed by atoms with Gasteiger partial charge in [0, 0.05) is 5.56 Å². The number of rotatable bonds is 5. The lowest BCUT2D eigenvalue weighted by atomic mass is 10.2. The van der Waals surface area contributed by atoms with Crippen LogP contribution in [0.2, 0.25) is 0 Å². The summed E-state index contributed by atoms with van der Waals surface area (Å²) in [7, 11) is 1.57. The summed E-state index contributed by atoms with van der Waals surface area (Å²) in [6.07, 6.45) is 1.50. The fraction of sp³-hybridized carbons (Fsp3) is 0.364. The predicted octanol–water partition coefficient (Wildman–Crippen LogP) is 1.93. The highest BCUT2D eigenvalue weighted by Gasteiger charge is 2.08. The van der Waals surface area contributed by atoms with Gasteiger partial charge in [0.15, 0.2) is 11.5 Å². The molecule has 0 fully saturated rings. The summed E-state index contributed by atoms with van der Waals surface area (Å²) in [5, 5.41) is 0. The number of hydrogen-bond donors (Lipinski definition) is 0. The van der Waals surface area contributed by atoms with Gasteiger partial charge in [-0.2, -0.15) is 0 Å². The van der Waals surface area contributed by atoms with Crippen LogP contribution in [0.15, 0.2) is 23.2 Å². The number of benzene rings is 1. The van der Waals surface area contributed by atoms with Crippen molar-refractivity contribution in [1.29, 1.82) is 0 Å². The molecular weight excluding hydrogens is 194 g/mol. The molecule has 4 heteroatoms.